The first kappa shape index (κ1) is 14.2. The standard InChI is InChI=1S/C15H13BrN2O2/c1-20-14-4-2-3-10(8-17)15(14)18-9-11-7-12(16)5-6-13(11)19/h2-7,18-19H,9H2,1H3. The van der Waals surface area contributed by atoms with Gasteiger partial charge < -0.3 is 15.2 Å². The molecule has 5 heteroatoms. The van der Waals surface area contributed by atoms with Gasteiger partial charge in [0.05, 0.1) is 18.4 Å². The molecule has 2 N–H and O–H groups in total. The predicted molar refractivity (Wildman–Crippen MR) is 80.8 cm³/mol. The van der Waals surface area contributed by atoms with E-state index >= 15 is 0 Å². The molecule has 0 heterocycles. The van der Waals surface area contributed by atoms with E-state index in [1.165, 1.54) is 0 Å². The van der Waals surface area contributed by atoms with E-state index in [0.29, 0.717) is 23.5 Å². The molecule has 0 aliphatic rings. The van der Waals surface area contributed by atoms with Crippen LogP contribution in [0.3, 0.4) is 0 Å². The summed E-state index contributed by atoms with van der Waals surface area (Å²) >= 11 is 3.36. The van der Waals surface area contributed by atoms with Gasteiger partial charge in [0.15, 0.2) is 0 Å². The van der Waals surface area contributed by atoms with Crippen molar-refractivity contribution in [2.75, 3.05) is 12.4 Å². The van der Waals surface area contributed by atoms with Crippen LogP contribution < -0.4 is 10.1 Å². The average Bonchev–Trinajstić information content (AvgIpc) is 2.47. The highest BCUT2D eigenvalue weighted by Crippen LogP contribution is 2.29. The van der Waals surface area contributed by atoms with E-state index in [9.17, 15) is 5.11 Å². The highest BCUT2D eigenvalue weighted by Gasteiger charge is 2.09. The number of hydrogen-bond acceptors (Lipinski definition) is 4. The first-order valence-corrected chi connectivity index (χ1v) is 6.73. The number of ether oxygens (including phenoxy) is 1. The number of nitrogens with one attached hydrogen (secondary N) is 1. The lowest BCUT2D eigenvalue weighted by Crippen LogP contribution is -2.03. The molecule has 2 aromatic rings. The fraction of sp³-hybridized carbons (Fsp3) is 0.133. The molecule has 0 fully saturated rings. The molecule has 0 aromatic heterocycles. The van der Waals surface area contributed by atoms with E-state index in [1.807, 2.05) is 6.07 Å². The lowest BCUT2D eigenvalue weighted by Gasteiger charge is -2.13. The Morgan fingerprint density at radius 1 is 1.35 bits per heavy atom. The molecular formula is C15H13BrN2O2. The number of phenols is 1. The topological polar surface area (TPSA) is 65.3 Å². The molecule has 0 bridgehead atoms. The van der Waals surface area contributed by atoms with Crippen LogP contribution >= 0.6 is 15.9 Å². The normalized spacial score (nSPS) is 9.85. The largest absolute Gasteiger partial charge is 0.508 e. The third-order valence-corrected chi connectivity index (χ3v) is 3.36. The minimum atomic E-state index is 0.203. The van der Waals surface area contributed by atoms with Crippen LogP contribution in [-0.2, 0) is 6.54 Å². The van der Waals surface area contributed by atoms with E-state index in [1.54, 1.807) is 37.4 Å². The average molecular weight is 333 g/mol. The fourth-order valence-corrected chi connectivity index (χ4v) is 2.26. The van der Waals surface area contributed by atoms with Gasteiger partial charge >= 0.3 is 0 Å². The fourth-order valence-electron chi connectivity index (χ4n) is 1.86. The van der Waals surface area contributed by atoms with Gasteiger partial charge in [-0.25, -0.2) is 0 Å². The van der Waals surface area contributed by atoms with Crippen LogP contribution in [-0.4, -0.2) is 12.2 Å². The van der Waals surface area contributed by atoms with Crippen LogP contribution in [0.4, 0.5) is 5.69 Å². The van der Waals surface area contributed by atoms with Gasteiger partial charge in [-0.15, -0.1) is 0 Å². The maximum absolute atomic E-state index is 9.81. The molecule has 0 spiro atoms. The summed E-state index contributed by atoms with van der Waals surface area (Å²) in [4.78, 5) is 0. The second-order valence-electron chi connectivity index (χ2n) is 4.12. The molecule has 102 valence electrons. The Morgan fingerprint density at radius 2 is 2.15 bits per heavy atom. The smallest absolute Gasteiger partial charge is 0.143 e. The van der Waals surface area contributed by atoms with E-state index in [4.69, 9.17) is 10.00 Å². The first-order valence-electron chi connectivity index (χ1n) is 5.94. The molecule has 20 heavy (non-hydrogen) atoms. The Hall–Kier alpha value is -2.19. The van der Waals surface area contributed by atoms with Gasteiger partial charge in [-0.1, -0.05) is 22.0 Å². The number of phenolic OH excluding ortho intramolecular Hbond substituents is 1. The van der Waals surface area contributed by atoms with Crippen molar-refractivity contribution >= 4 is 21.6 Å². The van der Waals surface area contributed by atoms with E-state index in [-0.39, 0.29) is 5.75 Å². The van der Waals surface area contributed by atoms with Crippen molar-refractivity contribution in [3.8, 4) is 17.6 Å². The van der Waals surface area contributed by atoms with Gasteiger partial charge in [0.2, 0.25) is 0 Å². The number of methoxy groups -OCH3 is 1. The van der Waals surface area contributed by atoms with Gasteiger partial charge in [0, 0.05) is 16.6 Å². The SMILES string of the molecule is COc1cccc(C#N)c1NCc1cc(Br)ccc1O. The van der Waals surface area contributed by atoms with E-state index in [2.05, 4.69) is 27.3 Å². The number of nitrogens with zero attached hydrogens (tertiary/aromatic N) is 1. The van der Waals surface area contributed by atoms with Gasteiger partial charge in [0.25, 0.3) is 0 Å². The summed E-state index contributed by atoms with van der Waals surface area (Å²) in [6.07, 6.45) is 0. The number of halogens is 1. The maximum Gasteiger partial charge on any atom is 0.143 e. The first-order chi connectivity index (χ1) is 9.65. The van der Waals surface area contributed by atoms with Crippen LogP contribution in [0.2, 0.25) is 0 Å². The van der Waals surface area contributed by atoms with Crippen molar-refractivity contribution in [3.63, 3.8) is 0 Å². The van der Waals surface area contributed by atoms with Crippen molar-refractivity contribution in [1.29, 1.82) is 5.26 Å². The van der Waals surface area contributed by atoms with Gasteiger partial charge in [0.1, 0.15) is 17.6 Å². The van der Waals surface area contributed by atoms with Crippen molar-refractivity contribution in [2.45, 2.75) is 6.54 Å². The Bertz CT molecular complexity index is 665. The predicted octanol–water partition coefficient (Wildman–Crippen LogP) is 3.65. The van der Waals surface area contributed by atoms with Crippen molar-refractivity contribution < 1.29 is 9.84 Å². The highest BCUT2D eigenvalue weighted by molar-refractivity contribution is 9.10. The molecule has 0 unspecified atom stereocenters. The van der Waals surface area contributed by atoms with Gasteiger partial charge in [-0.3, -0.25) is 0 Å². The summed E-state index contributed by atoms with van der Waals surface area (Å²) in [6.45, 7) is 0.389. The lowest BCUT2D eigenvalue weighted by molar-refractivity contribution is 0.416. The molecule has 0 amide bonds. The lowest BCUT2D eigenvalue weighted by atomic mass is 10.1. The van der Waals surface area contributed by atoms with Gasteiger partial charge in [-0.2, -0.15) is 5.26 Å². The van der Waals surface area contributed by atoms with E-state index in [0.717, 1.165) is 10.0 Å². The zero-order valence-electron chi connectivity index (χ0n) is 10.9. The van der Waals surface area contributed by atoms with Gasteiger partial charge in [-0.05, 0) is 30.3 Å². The molecular weight excluding hydrogens is 320 g/mol. The Morgan fingerprint density at radius 3 is 2.85 bits per heavy atom. The number of anilines is 1. The molecule has 2 aromatic carbocycles. The molecule has 0 aliphatic carbocycles. The molecule has 0 atom stereocenters. The Kier molecular flexibility index (Phi) is 4.49. The van der Waals surface area contributed by atoms with Crippen LogP contribution in [0, 0.1) is 11.3 Å². The molecule has 4 nitrogen and oxygen atoms in total. The maximum atomic E-state index is 9.81. The summed E-state index contributed by atoms with van der Waals surface area (Å²) in [6, 6.07) is 12.6. The molecule has 0 saturated heterocycles. The summed E-state index contributed by atoms with van der Waals surface area (Å²) in [5, 5.41) is 22.1. The van der Waals surface area contributed by atoms with Crippen LogP contribution in [0.15, 0.2) is 40.9 Å². The monoisotopic (exact) mass is 332 g/mol. The number of aromatic hydroxyl groups is 1. The zero-order valence-corrected chi connectivity index (χ0v) is 12.4. The van der Waals surface area contributed by atoms with Crippen LogP contribution in [0.5, 0.6) is 11.5 Å². The molecule has 0 saturated carbocycles. The minimum absolute atomic E-state index is 0.203. The van der Waals surface area contributed by atoms with Crippen molar-refractivity contribution in [2.24, 2.45) is 0 Å². The Labute approximate surface area is 125 Å². The van der Waals surface area contributed by atoms with Crippen molar-refractivity contribution in [3.05, 3.63) is 52.0 Å². The summed E-state index contributed by atoms with van der Waals surface area (Å²) in [5.74, 6) is 0.799. The highest BCUT2D eigenvalue weighted by atomic mass is 79.9. The van der Waals surface area contributed by atoms with Crippen molar-refractivity contribution in [1.82, 2.24) is 0 Å². The van der Waals surface area contributed by atoms with Crippen LogP contribution in [0.25, 0.3) is 0 Å². The number of para-hydroxylation sites is 1. The summed E-state index contributed by atoms with van der Waals surface area (Å²) < 4.78 is 6.13. The Balaban J connectivity index is 2.27. The molecule has 0 aliphatic heterocycles. The third kappa shape index (κ3) is 3.03. The zero-order chi connectivity index (χ0) is 14.5. The second kappa shape index (κ2) is 6.31. The minimum Gasteiger partial charge on any atom is -0.508 e. The number of hydrogen-bond donors (Lipinski definition) is 2. The number of rotatable bonds is 4. The summed E-state index contributed by atoms with van der Waals surface area (Å²) in [7, 11) is 1.55. The summed E-state index contributed by atoms with van der Waals surface area (Å²) in [5.41, 5.74) is 1.85. The molecule has 0 radical (unpaired) electrons. The van der Waals surface area contributed by atoms with E-state index < -0.39 is 0 Å². The number of nitriles is 1. The third-order valence-electron chi connectivity index (χ3n) is 2.86. The second-order valence-corrected chi connectivity index (χ2v) is 5.04. The molecule has 2 rings (SSSR count). The number of benzene rings is 2. The van der Waals surface area contributed by atoms with Crippen LogP contribution in [0.1, 0.15) is 11.1 Å². The quantitative estimate of drug-likeness (QED) is 0.896.